The molecular weight excluding hydrogens is 381 g/mol. The number of halogens is 1. The average Bonchev–Trinajstić information content (AvgIpc) is 3.27. The van der Waals surface area contributed by atoms with Crippen LogP contribution in [0.5, 0.6) is 0 Å². The van der Waals surface area contributed by atoms with Gasteiger partial charge in [-0.25, -0.2) is 4.39 Å². The molecule has 0 amide bonds. The van der Waals surface area contributed by atoms with Gasteiger partial charge < -0.3 is 9.26 Å². The highest BCUT2D eigenvalue weighted by molar-refractivity contribution is 5.71. The number of carbonyl (C=O) groups is 1. The normalized spacial score (nSPS) is 10.9. The Kier molecular flexibility index (Phi) is 5.99. The van der Waals surface area contributed by atoms with Crippen LogP contribution in [-0.2, 0) is 16.1 Å². The maximum atomic E-state index is 13.1. The molecule has 4 aromatic rings. The molecule has 0 N–H and O–H groups in total. The van der Waals surface area contributed by atoms with Gasteiger partial charge >= 0.3 is 5.97 Å². The molecule has 0 aliphatic heterocycles. The number of hydrogen-bond donors (Lipinski definition) is 0. The van der Waals surface area contributed by atoms with E-state index in [0.717, 1.165) is 11.1 Å². The van der Waals surface area contributed by atoms with E-state index in [1.165, 1.54) is 12.1 Å². The van der Waals surface area contributed by atoms with Crippen LogP contribution in [0.15, 0.2) is 95.5 Å². The molecule has 0 saturated heterocycles. The summed E-state index contributed by atoms with van der Waals surface area (Å²) in [4.78, 5) is 12.6. The maximum Gasteiger partial charge on any atom is 0.307 e. The highest BCUT2D eigenvalue weighted by Crippen LogP contribution is 2.28. The fourth-order valence-electron chi connectivity index (χ4n) is 3.31. The summed E-state index contributed by atoms with van der Waals surface area (Å²) in [5, 5.41) is 3.94. The van der Waals surface area contributed by atoms with Crippen molar-refractivity contribution in [2.24, 2.45) is 0 Å². The Morgan fingerprint density at radius 3 is 2.10 bits per heavy atom. The Bertz CT molecular complexity index is 1050. The van der Waals surface area contributed by atoms with Crippen molar-refractivity contribution in [2.75, 3.05) is 0 Å². The van der Waals surface area contributed by atoms with Gasteiger partial charge in [-0.05, 0) is 35.4 Å². The van der Waals surface area contributed by atoms with Crippen LogP contribution in [0, 0.1) is 5.82 Å². The second-order valence-corrected chi connectivity index (χ2v) is 6.93. The predicted molar refractivity (Wildman–Crippen MR) is 111 cm³/mol. The molecule has 1 aromatic heterocycles. The summed E-state index contributed by atoms with van der Waals surface area (Å²) in [6, 6.07) is 27.4. The smallest absolute Gasteiger partial charge is 0.307 e. The monoisotopic (exact) mass is 401 g/mol. The zero-order valence-corrected chi connectivity index (χ0v) is 16.2. The lowest BCUT2D eigenvalue weighted by atomic mass is 9.89. The lowest BCUT2D eigenvalue weighted by Gasteiger charge is -2.17. The number of esters is 1. The molecule has 4 nitrogen and oxygen atoms in total. The fraction of sp³-hybridized carbons (Fsp3) is 0.120. The molecule has 0 atom stereocenters. The molecule has 30 heavy (non-hydrogen) atoms. The molecular formula is C25H20FNO3. The maximum absolute atomic E-state index is 13.1. The van der Waals surface area contributed by atoms with E-state index in [2.05, 4.69) is 5.16 Å². The molecule has 0 saturated carbocycles. The van der Waals surface area contributed by atoms with Crippen molar-refractivity contribution >= 4 is 5.97 Å². The van der Waals surface area contributed by atoms with E-state index in [9.17, 15) is 9.18 Å². The molecule has 3 aromatic carbocycles. The number of ether oxygens (including phenoxy) is 1. The molecule has 5 heteroatoms. The van der Waals surface area contributed by atoms with Crippen LogP contribution >= 0.6 is 0 Å². The first-order valence-electron chi connectivity index (χ1n) is 9.66. The van der Waals surface area contributed by atoms with E-state index >= 15 is 0 Å². The van der Waals surface area contributed by atoms with E-state index in [-0.39, 0.29) is 30.7 Å². The largest absolute Gasteiger partial charge is 0.459 e. The van der Waals surface area contributed by atoms with Crippen molar-refractivity contribution in [2.45, 2.75) is 18.9 Å². The summed E-state index contributed by atoms with van der Waals surface area (Å²) < 4.78 is 23.8. The van der Waals surface area contributed by atoms with Gasteiger partial charge in [0, 0.05) is 17.5 Å². The van der Waals surface area contributed by atoms with Crippen LogP contribution in [0.2, 0.25) is 0 Å². The summed E-state index contributed by atoms with van der Waals surface area (Å²) in [6.45, 7) is 0.0137. The Morgan fingerprint density at radius 2 is 1.50 bits per heavy atom. The van der Waals surface area contributed by atoms with Crippen molar-refractivity contribution in [1.82, 2.24) is 5.16 Å². The Balaban J connectivity index is 1.41. The first-order chi connectivity index (χ1) is 14.7. The number of hydrogen-bond acceptors (Lipinski definition) is 4. The first-order valence-corrected chi connectivity index (χ1v) is 9.66. The summed E-state index contributed by atoms with van der Waals surface area (Å²) in [7, 11) is 0. The van der Waals surface area contributed by atoms with Crippen LogP contribution in [0.25, 0.3) is 11.3 Å². The van der Waals surface area contributed by atoms with Crippen molar-refractivity contribution < 1.29 is 18.4 Å². The minimum Gasteiger partial charge on any atom is -0.459 e. The van der Waals surface area contributed by atoms with Crippen molar-refractivity contribution in [3.63, 3.8) is 0 Å². The van der Waals surface area contributed by atoms with Crippen LogP contribution < -0.4 is 0 Å². The van der Waals surface area contributed by atoms with Crippen LogP contribution in [0.4, 0.5) is 4.39 Å². The Hall–Kier alpha value is -3.73. The highest BCUT2D eigenvalue weighted by Gasteiger charge is 2.19. The number of nitrogens with zero attached hydrogens (tertiary/aromatic N) is 1. The molecule has 150 valence electrons. The van der Waals surface area contributed by atoms with Gasteiger partial charge in [-0.1, -0.05) is 65.8 Å². The van der Waals surface area contributed by atoms with Gasteiger partial charge in [-0.2, -0.15) is 0 Å². The lowest BCUT2D eigenvalue weighted by molar-refractivity contribution is -0.145. The Morgan fingerprint density at radius 1 is 0.900 bits per heavy atom. The summed E-state index contributed by atoms with van der Waals surface area (Å²) in [6.07, 6.45) is 0.219. The van der Waals surface area contributed by atoms with Crippen molar-refractivity contribution in [1.29, 1.82) is 0 Å². The second-order valence-electron chi connectivity index (χ2n) is 6.93. The molecule has 0 aliphatic carbocycles. The van der Waals surface area contributed by atoms with Gasteiger partial charge in [0.1, 0.15) is 18.1 Å². The molecule has 0 spiro atoms. The Labute approximate surface area is 173 Å². The zero-order valence-electron chi connectivity index (χ0n) is 16.2. The third-order valence-corrected chi connectivity index (χ3v) is 4.84. The van der Waals surface area contributed by atoms with Crippen LogP contribution in [-0.4, -0.2) is 11.1 Å². The van der Waals surface area contributed by atoms with Gasteiger partial charge in [0.25, 0.3) is 0 Å². The van der Waals surface area contributed by atoms with Gasteiger partial charge in [0.05, 0.1) is 6.42 Å². The van der Waals surface area contributed by atoms with Crippen molar-refractivity contribution in [3.05, 3.63) is 114 Å². The van der Waals surface area contributed by atoms with Crippen LogP contribution in [0.3, 0.4) is 0 Å². The molecule has 0 fully saturated rings. The topological polar surface area (TPSA) is 52.3 Å². The van der Waals surface area contributed by atoms with Crippen molar-refractivity contribution in [3.8, 4) is 11.3 Å². The number of rotatable bonds is 7. The third kappa shape index (κ3) is 4.81. The van der Waals surface area contributed by atoms with Crippen LogP contribution in [0.1, 0.15) is 29.2 Å². The minimum atomic E-state index is -0.321. The molecule has 1 heterocycles. The third-order valence-electron chi connectivity index (χ3n) is 4.84. The van der Waals surface area contributed by atoms with E-state index < -0.39 is 0 Å². The van der Waals surface area contributed by atoms with E-state index in [1.807, 2.05) is 60.7 Å². The van der Waals surface area contributed by atoms with Gasteiger partial charge in [-0.15, -0.1) is 0 Å². The summed E-state index contributed by atoms with van der Waals surface area (Å²) in [5.41, 5.74) is 3.31. The van der Waals surface area contributed by atoms with E-state index in [1.54, 1.807) is 18.2 Å². The van der Waals surface area contributed by atoms with Gasteiger partial charge in [0.2, 0.25) is 0 Å². The quantitative estimate of drug-likeness (QED) is 0.370. The highest BCUT2D eigenvalue weighted by atomic mass is 19.1. The van der Waals surface area contributed by atoms with E-state index in [0.29, 0.717) is 17.0 Å². The molecule has 0 unspecified atom stereocenters. The van der Waals surface area contributed by atoms with Gasteiger partial charge in [0.15, 0.2) is 5.76 Å². The molecule has 0 radical (unpaired) electrons. The standard InChI is InChI=1S/C25H20FNO3/c26-21-13-11-20(12-14-21)24-15-22(27-30-24)17-29-25(28)16-23(18-7-3-1-4-8-18)19-9-5-2-6-10-19/h1-15,23H,16-17H2. The second kappa shape index (κ2) is 9.18. The molecule has 0 bridgehead atoms. The lowest BCUT2D eigenvalue weighted by Crippen LogP contribution is -2.12. The number of carbonyl (C=O) groups excluding carboxylic acids is 1. The summed E-state index contributed by atoms with van der Waals surface area (Å²) in [5.74, 6) is -0.239. The van der Waals surface area contributed by atoms with E-state index in [4.69, 9.17) is 9.26 Å². The first kappa shape index (κ1) is 19.6. The van der Waals surface area contributed by atoms with Gasteiger partial charge in [-0.3, -0.25) is 4.79 Å². The molecule has 0 aliphatic rings. The summed E-state index contributed by atoms with van der Waals surface area (Å²) >= 11 is 0. The number of aromatic nitrogens is 1. The fourth-order valence-corrected chi connectivity index (χ4v) is 3.31. The average molecular weight is 401 g/mol. The predicted octanol–water partition coefficient (Wildman–Crippen LogP) is 5.75. The molecule has 4 rings (SSSR count). The minimum absolute atomic E-state index is 0.0137. The SMILES string of the molecule is O=C(CC(c1ccccc1)c1ccccc1)OCc1cc(-c2ccc(F)cc2)on1. The zero-order chi connectivity index (χ0) is 20.8. The number of benzene rings is 3.